The lowest BCUT2D eigenvalue weighted by molar-refractivity contribution is 0.0902. The average molecular weight is 400 g/mol. The van der Waals surface area contributed by atoms with Gasteiger partial charge in [-0.05, 0) is 54.3 Å². The van der Waals surface area contributed by atoms with Gasteiger partial charge in [-0.1, -0.05) is 48.9 Å². The first-order valence-electron chi connectivity index (χ1n) is 10.8. The fourth-order valence-corrected chi connectivity index (χ4v) is 4.47. The van der Waals surface area contributed by atoms with Crippen molar-refractivity contribution in [2.75, 3.05) is 39.4 Å². The second-order valence-corrected chi connectivity index (χ2v) is 8.40. The first kappa shape index (κ1) is 20.5. The van der Waals surface area contributed by atoms with Crippen LogP contribution in [0.25, 0.3) is 11.1 Å². The van der Waals surface area contributed by atoms with Gasteiger partial charge in [0.25, 0.3) is 6.43 Å². The molecule has 4 rings (SSSR count). The van der Waals surface area contributed by atoms with Crippen LogP contribution in [0.3, 0.4) is 0 Å². The number of halogens is 2. The number of benzene rings is 2. The van der Waals surface area contributed by atoms with E-state index < -0.39 is 6.43 Å². The molecule has 2 fully saturated rings. The van der Waals surface area contributed by atoms with Crippen LogP contribution in [-0.4, -0.2) is 60.5 Å². The summed E-state index contributed by atoms with van der Waals surface area (Å²) in [6, 6.07) is 17.6. The Morgan fingerprint density at radius 3 is 2.17 bits per heavy atom. The number of hydrogen-bond donors (Lipinski definition) is 0. The largest absolute Gasteiger partial charge is 0.299 e. The number of hydrogen-bond acceptors (Lipinski definition) is 3. The third-order valence-electron chi connectivity index (χ3n) is 6.00. The normalized spacial score (nSPS) is 19.3. The molecule has 0 unspecified atom stereocenters. The molecule has 0 atom stereocenters. The van der Waals surface area contributed by atoms with Gasteiger partial charge in [-0.25, -0.2) is 8.78 Å². The van der Waals surface area contributed by atoms with Gasteiger partial charge in [0.05, 0.1) is 13.2 Å². The first-order valence-corrected chi connectivity index (χ1v) is 10.8. The number of piperidine rings is 1. The van der Waals surface area contributed by atoms with E-state index in [-0.39, 0.29) is 6.54 Å². The number of nitrogens with zero attached hydrogens (tertiary/aromatic N) is 3. The van der Waals surface area contributed by atoms with Crippen LogP contribution in [0.2, 0.25) is 0 Å². The minimum atomic E-state index is -2.25. The number of likely N-dealkylation sites (tertiary alicyclic amines) is 1. The molecule has 3 nitrogen and oxygen atoms in total. The van der Waals surface area contributed by atoms with Crippen LogP contribution in [0.5, 0.6) is 0 Å². The van der Waals surface area contributed by atoms with Gasteiger partial charge >= 0.3 is 0 Å². The molecule has 2 saturated heterocycles. The predicted molar refractivity (Wildman–Crippen MR) is 114 cm³/mol. The Bertz CT molecular complexity index is 772. The van der Waals surface area contributed by atoms with Gasteiger partial charge in [0.15, 0.2) is 0 Å². The molecular weight excluding hydrogens is 368 g/mol. The van der Waals surface area contributed by atoms with Crippen molar-refractivity contribution in [3.05, 3.63) is 59.7 Å². The van der Waals surface area contributed by atoms with Crippen molar-refractivity contribution < 1.29 is 8.78 Å². The van der Waals surface area contributed by atoms with Crippen molar-refractivity contribution in [2.45, 2.75) is 38.8 Å². The van der Waals surface area contributed by atoms with E-state index in [1.807, 2.05) is 4.90 Å². The van der Waals surface area contributed by atoms with Gasteiger partial charge < -0.3 is 0 Å². The van der Waals surface area contributed by atoms with Crippen LogP contribution in [0.4, 0.5) is 8.78 Å². The van der Waals surface area contributed by atoms with Crippen molar-refractivity contribution in [1.82, 2.24) is 14.7 Å². The summed E-state index contributed by atoms with van der Waals surface area (Å²) in [5, 5.41) is 0. The van der Waals surface area contributed by atoms with Gasteiger partial charge in [0, 0.05) is 26.2 Å². The lowest BCUT2D eigenvalue weighted by atomic mass is 10.0. The van der Waals surface area contributed by atoms with E-state index in [9.17, 15) is 8.78 Å². The molecule has 0 radical (unpaired) electrons. The Balaban J connectivity index is 1.35. The van der Waals surface area contributed by atoms with E-state index >= 15 is 0 Å². The van der Waals surface area contributed by atoms with Gasteiger partial charge in [-0.15, -0.1) is 0 Å². The van der Waals surface area contributed by atoms with Gasteiger partial charge in [-0.2, -0.15) is 0 Å². The van der Waals surface area contributed by atoms with Crippen molar-refractivity contribution >= 4 is 0 Å². The van der Waals surface area contributed by atoms with Crippen LogP contribution >= 0.6 is 0 Å². The fourth-order valence-electron chi connectivity index (χ4n) is 4.47. The highest BCUT2D eigenvalue weighted by Gasteiger charge is 2.22. The molecule has 2 aliphatic heterocycles. The van der Waals surface area contributed by atoms with Gasteiger partial charge in [0.1, 0.15) is 0 Å². The zero-order chi connectivity index (χ0) is 20.1. The van der Waals surface area contributed by atoms with Gasteiger partial charge in [0.2, 0.25) is 0 Å². The molecule has 0 N–H and O–H groups in total. The molecular formula is C24H31F2N3. The van der Waals surface area contributed by atoms with Crippen LogP contribution in [0, 0.1) is 0 Å². The van der Waals surface area contributed by atoms with Crippen LogP contribution in [0.1, 0.15) is 30.4 Å². The third-order valence-corrected chi connectivity index (χ3v) is 6.00. The SMILES string of the molecule is FC(F)CN1CCN(Cc2ccc(-c3cccc(CN4CCCCC4)c3)cc2)C1. The van der Waals surface area contributed by atoms with Crippen molar-refractivity contribution in [1.29, 1.82) is 0 Å². The molecule has 2 aromatic rings. The monoisotopic (exact) mass is 399 g/mol. The molecule has 0 aromatic heterocycles. The molecule has 0 bridgehead atoms. The molecule has 0 saturated carbocycles. The van der Waals surface area contributed by atoms with Crippen molar-refractivity contribution in [3.63, 3.8) is 0 Å². The molecule has 2 aliphatic rings. The number of rotatable bonds is 7. The first-order chi connectivity index (χ1) is 14.2. The van der Waals surface area contributed by atoms with E-state index in [2.05, 4.69) is 58.3 Å². The molecule has 0 spiro atoms. The van der Waals surface area contributed by atoms with Crippen LogP contribution in [-0.2, 0) is 13.1 Å². The summed E-state index contributed by atoms with van der Waals surface area (Å²) >= 11 is 0. The molecule has 29 heavy (non-hydrogen) atoms. The molecule has 2 aromatic carbocycles. The average Bonchev–Trinajstić information content (AvgIpc) is 3.15. The summed E-state index contributed by atoms with van der Waals surface area (Å²) in [5.74, 6) is 0. The molecule has 2 heterocycles. The summed E-state index contributed by atoms with van der Waals surface area (Å²) in [6.07, 6.45) is 1.75. The summed E-state index contributed by atoms with van der Waals surface area (Å²) in [6.45, 7) is 6.37. The predicted octanol–water partition coefficient (Wildman–Crippen LogP) is 4.68. The summed E-state index contributed by atoms with van der Waals surface area (Å²) in [7, 11) is 0. The van der Waals surface area contributed by atoms with E-state index in [1.165, 1.54) is 54.6 Å². The maximum Gasteiger partial charge on any atom is 0.251 e. The Hall–Kier alpha value is -1.82. The topological polar surface area (TPSA) is 9.72 Å². The minimum Gasteiger partial charge on any atom is -0.299 e. The lowest BCUT2D eigenvalue weighted by Crippen LogP contribution is -2.29. The van der Waals surface area contributed by atoms with E-state index in [1.54, 1.807) is 0 Å². The van der Waals surface area contributed by atoms with Crippen molar-refractivity contribution in [3.8, 4) is 11.1 Å². The molecule has 0 aliphatic carbocycles. The fraction of sp³-hybridized carbons (Fsp3) is 0.500. The second kappa shape index (κ2) is 9.79. The zero-order valence-corrected chi connectivity index (χ0v) is 17.1. The standard InChI is InChI=1S/C24H31F2N3/c25-24(26)18-29-14-13-28(19-29)16-20-7-9-22(10-8-20)23-6-4-5-21(15-23)17-27-11-2-1-3-12-27/h4-10,15,24H,1-3,11-14,16-19H2. The van der Waals surface area contributed by atoms with E-state index in [0.717, 1.165) is 26.2 Å². The molecule has 0 amide bonds. The Morgan fingerprint density at radius 2 is 1.41 bits per heavy atom. The highest BCUT2D eigenvalue weighted by molar-refractivity contribution is 5.64. The number of alkyl halides is 2. The maximum absolute atomic E-state index is 12.5. The van der Waals surface area contributed by atoms with E-state index in [4.69, 9.17) is 0 Å². The smallest absolute Gasteiger partial charge is 0.251 e. The van der Waals surface area contributed by atoms with Crippen LogP contribution in [0.15, 0.2) is 48.5 Å². The molecule has 5 heteroatoms. The lowest BCUT2D eigenvalue weighted by Gasteiger charge is -2.26. The highest BCUT2D eigenvalue weighted by Crippen LogP contribution is 2.23. The van der Waals surface area contributed by atoms with E-state index in [0.29, 0.717) is 6.67 Å². The van der Waals surface area contributed by atoms with Gasteiger partial charge in [-0.3, -0.25) is 14.7 Å². The Kier molecular flexibility index (Phi) is 6.90. The minimum absolute atomic E-state index is 0.122. The second-order valence-electron chi connectivity index (χ2n) is 8.40. The maximum atomic E-state index is 12.5. The highest BCUT2D eigenvalue weighted by atomic mass is 19.3. The Morgan fingerprint density at radius 1 is 0.690 bits per heavy atom. The quantitative estimate of drug-likeness (QED) is 0.669. The summed E-state index contributed by atoms with van der Waals surface area (Å²) in [5.41, 5.74) is 5.10. The Labute approximate surface area is 172 Å². The zero-order valence-electron chi connectivity index (χ0n) is 17.1. The van der Waals surface area contributed by atoms with Crippen molar-refractivity contribution in [2.24, 2.45) is 0 Å². The van der Waals surface area contributed by atoms with Crippen LogP contribution < -0.4 is 0 Å². The third kappa shape index (κ3) is 5.84. The molecule has 156 valence electrons. The summed E-state index contributed by atoms with van der Waals surface area (Å²) in [4.78, 5) is 6.61. The summed E-state index contributed by atoms with van der Waals surface area (Å²) < 4.78 is 25.1.